The van der Waals surface area contributed by atoms with Gasteiger partial charge in [-0.3, -0.25) is 4.79 Å². The average Bonchev–Trinajstić information content (AvgIpc) is 3.33. The van der Waals surface area contributed by atoms with Crippen molar-refractivity contribution in [1.82, 2.24) is 14.7 Å². The molecule has 1 saturated heterocycles. The van der Waals surface area contributed by atoms with Crippen LogP contribution in [0.4, 0.5) is 5.82 Å². The molecule has 31 heavy (non-hydrogen) atoms. The molecule has 0 radical (unpaired) electrons. The van der Waals surface area contributed by atoms with Crippen molar-refractivity contribution in [1.29, 1.82) is 0 Å². The van der Waals surface area contributed by atoms with Gasteiger partial charge in [0, 0.05) is 18.7 Å². The number of rotatable bonds is 7. The Labute approximate surface area is 182 Å². The van der Waals surface area contributed by atoms with Gasteiger partial charge in [-0.2, -0.15) is 5.10 Å². The number of ether oxygens (including phenoxy) is 1. The minimum absolute atomic E-state index is 0.0129. The molecule has 8 nitrogen and oxygen atoms in total. The highest BCUT2D eigenvalue weighted by Crippen LogP contribution is 2.55. The van der Waals surface area contributed by atoms with Crippen LogP contribution in [-0.4, -0.2) is 45.4 Å². The Hall–Kier alpha value is -2.84. The maximum atomic E-state index is 11.9. The fourth-order valence-electron chi connectivity index (χ4n) is 4.87. The zero-order valence-electron chi connectivity index (χ0n) is 18.0. The third kappa shape index (κ3) is 3.93. The molecule has 1 aliphatic carbocycles. The normalized spacial score (nSPS) is 23.6. The van der Waals surface area contributed by atoms with Crippen molar-refractivity contribution in [3.63, 3.8) is 0 Å². The number of hydrogen-bond donors (Lipinski definition) is 3. The summed E-state index contributed by atoms with van der Waals surface area (Å²) in [5.74, 6) is 1.17. The van der Waals surface area contributed by atoms with E-state index in [0.717, 1.165) is 50.1 Å². The number of carbonyl (C=O) groups excluding carboxylic acids is 1. The smallest absolute Gasteiger partial charge is 0.245 e. The lowest BCUT2D eigenvalue weighted by Crippen LogP contribution is -2.42. The predicted octanol–water partition coefficient (Wildman–Crippen LogP) is 2.61. The molecule has 0 bridgehead atoms. The van der Waals surface area contributed by atoms with Gasteiger partial charge >= 0.3 is 0 Å². The van der Waals surface area contributed by atoms with Gasteiger partial charge in [0.15, 0.2) is 0 Å². The second-order valence-corrected chi connectivity index (χ2v) is 8.69. The van der Waals surface area contributed by atoms with E-state index in [0.29, 0.717) is 23.7 Å². The van der Waals surface area contributed by atoms with Crippen LogP contribution in [0.1, 0.15) is 50.4 Å². The second kappa shape index (κ2) is 8.36. The van der Waals surface area contributed by atoms with E-state index in [4.69, 9.17) is 21.3 Å². The number of amides is 1. The highest BCUT2D eigenvalue weighted by atomic mass is 16.5. The number of hydrogen-bond acceptors (Lipinski definition) is 6. The zero-order chi connectivity index (χ0) is 22.2. The van der Waals surface area contributed by atoms with Crippen molar-refractivity contribution >= 4 is 11.7 Å². The molecule has 1 amide bonds. The molecule has 8 heteroatoms. The lowest BCUT2D eigenvalue weighted by Gasteiger charge is -2.45. The summed E-state index contributed by atoms with van der Waals surface area (Å²) >= 11 is 0. The minimum atomic E-state index is -1.22. The largest absolute Gasteiger partial charge is 0.494 e. The van der Waals surface area contributed by atoms with Gasteiger partial charge in [-0.1, -0.05) is 13.5 Å². The molecule has 2 heterocycles. The van der Waals surface area contributed by atoms with Crippen LogP contribution in [0.2, 0.25) is 0 Å². The predicted molar refractivity (Wildman–Crippen MR) is 119 cm³/mol. The third-order valence-electron chi connectivity index (χ3n) is 6.49. The standard InChI is InChI=1S/C23H31N5O3/c1-3-11-31-17-7-5-15(6-8-17)20-19(22(25)30)21(24)28(26-20)16-12-23(13-16)9-10-27(14-23)18(29)4-2/h4-8,16,22,30H,2-3,9-14,24-25H2,1H3. The minimum Gasteiger partial charge on any atom is -0.494 e. The number of likely N-dealkylation sites (tertiary alicyclic amines) is 1. The third-order valence-corrected chi connectivity index (χ3v) is 6.49. The molecule has 1 aromatic heterocycles. The SMILES string of the molecule is C=CC(=O)N1CCC2(CC(n3nc(-c4ccc(OCCC)cc4)c(C(N)O)c3N)C2)C1. The van der Waals surface area contributed by atoms with E-state index < -0.39 is 6.23 Å². The molecule has 2 aromatic rings. The quantitative estimate of drug-likeness (QED) is 0.463. The fraction of sp³-hybridized carbons (Fsp3) is 0.478. The van der Waals surface area contributed by atoms with Crippen LogP contribution in [0.3, 0.4) is 0 Å². The van der Waals surface area contributed by atoms with E-state index in [1.807, 2.05) is 29.2 Å². The molecule has 1 aromatic carbocycles. The first kappa shape index (κ1) is 21.4. The molecule has 1 atom stereocenters. The molecule has 5 N–H and O–H groups in total. The summed E-state index contributed by atoms with van der Waals surface area (Å²) in [6.45, 7) is 7.81. The Morgan fingerprint density at radius 1 is 1.42 bits per heavy atom. The van der Waals surface area contributed by atoms with Crippen molar-refractivity contribution < 1.29 is 14.6 Å². The first-order chi connectivity index (χ1) is 14.9. The zero-order valence-corrected chi connectivity index (χ0v) is 18.0. The van der Waals surface area contributed by atoms with Crippen LogP contribution >= 0.6 is 0 Å². The molecule has 1 saturated carbocycles. The van der Waals surface area contributed by atoms with E-state index in [2.05, 4.69) is 13.5 Å². The number of nitrogens with two attached hydrogens (primary N) is 2. The summed E-state index contributed by atoms with van der Waals surface area (Å²) in [7, 11) is 0. The highest BCUT2D eigenvalue weighted by molar-refractivity contribution is 5.87. The number of aliphatic hydroxyl groups is 1. The van der Waals surface area contributed by atoms with E-state index in [-0.39, 0.29) is 17.4 Å². The van der Waals surface area contributed by atoms with Crippen LogP contribution in [0.25, 0.3) is 11.3 Å². The Morgan fingerprint density at radius 3 is 2.74 bits per heavy atom. The lowest BCUT2D eigenvalue weighted by atomic mass is 9.65. The first-order valence-electron chi connectivity index (χ1n) is 10.8. The van der Waals surface area contributed by atoms with Gasteiger partial charge in [0.05, 0.1) is 18.2 Å². The maximum Gasteiger partial charge on any atom is 0.245 e. The second-order valence-electron chi connectivity index (χ2n) is 8.69. The van der Waals surface area contributed by atoms with Crippen molar-refractivity contribution in [3.05, 3.63) is 42.5 Å². The van der Waals surface area contributed by atoms with Crippen molar-refractivity contribution in [3.8, 4) is 17.0 Å². The van der Waals surface area contributed by atoms with Gasteiger partial charge < -0.3 is 26.2 Å². The van der Waals surface area contributed by atoms with E-state index in [9.17, 15) is 9.90 Å². The molecule has 2 fully saturated rings. The van der Waals surface area contributed by atoms with Crippen molar-refractivity contribution in [2.75, 3.05) is 25.4 Å². The molecule has 4 rings (SSSR count). The molecular formula is C23H31N5O3. The Morgan fingerprint density at radius 2 is 2.13 bits per heavy atom. The number of nitrogen functional groups attached to an aromatic ring is 1. The summed E-state index contributed by atoms with van der Waals surface area (Å²) in [5.41, 5.74) is 14.2. The topological polar surface area (TPSA) is 120 Å². The van der Waals surface area contributed by atoms with Crippen LogP contribution in [0, 0.1) is 5.41 Å². The van der Waals surface area contributed by atoms with Gasteiger partial charge in [-0.25, -0.2) is 4.68 Å². The summed E-state index contributed by atoms with van der Waals surface area (Å²) in [6, 6.07) is 7.70. The van der Waals surface area contributed by atoms with Crippen molar-refractivity contribution in [2.24, 2.45) is 11.1 Å². The summed E-state index contributed by atoms with van der Waals surface area (Å²) in [6.07, 6.45) is 3.85. The Balaban J connectivity index is 1.54. The summed E-state index contributed by atoms with van der Waals surface area (Å²) in [4.78, 5) is 13.8. The molecule has 1 aliphatic heterocycles. The highest BCUT2D eigenvalue weighted by Gasteiger charge is 2.50. The van der Waals surface area contributed by atoms with E-state index in [1.54, 1.807) is 4.68 Å². The fourth-order valence-corrected chi connectivity index (χ4v) is 4.87. The van der Waals surface area contributed by atoms with Gasteiger partial charge in [0.2, 0.25) is 5.91 Å². The Bertz CT molecular complexity index is 960. The van der Waals surface area contributed by atoms with E-state index >= 15 is 0 Å². The first-order valence-corrected chi connectivity index (χ1v) is 10.8. The summed E-state index contributed by atoms with van der Waals surface area (Å²) in [5, 5.41) is 15.0. The number of anilines is 1. The molecular weight excluding hydrogens is 394 g/mol. The van der Waals surface area contributed by atoms with Crippen LogP contribution in [-0.2, 0) is 4.79 Å². The number of nitrogens with zero attached hydrogens (tertiary/aromatic N) is 3. The van der Waals surface area contributed by atoms with Gasteiger partial charge in [-0.15, -0.1) is 0 Å². The van der Waals surface area contributed by atoms with Gasteiger partial charge in [-0.05, 0) is 61.4 Å². The molecule has 1 spiro atoms. The number of aliphatic hydroxyl groups excluding tert-OH is 1. The molecule has 166 valence electrons. The van der Waals surface area contributed by atoms with E-state index in [1.165, 1.54) is 6.08 Å². The summed E-state index contributed by atoms with van der Waals surface area (Å²) < 4.78 is 7.44. The Kier molecular flexibility index (Phi) is 5.77. The maximum absolute atomic E-state index is 11.9. The molecule has 2 aliphatic rings. The van der Waals surface area contributed by atoms with Crippen LogP contribution < -0.4 is 16.2 Å². The monoisotopic (exact) mass is 425 g/mol. The number of carbonyl (C=O) groups is 1. The number of benzene rings is 1. The lowest BCUT2D eigenvalue weighted by molar-refractivity contribution is -0.125. The van der Waals surface area contributed by atoms with Crippen LogP contribution in [0.15, 0.2) is 36.9 Å². The number of aromatic nitrogens is 2. The average molecular weight is 426 g/mol. The van der Waals surface area contributed by atoms with Gasteiger partial charge in [0.1, 0.15) is 23.5 Å². The van der Waals surface area contributed by atoms with Gasteiger partial charge in [0.25, 0.3) is 0 Å². The molecule has 1 unspecified atom stereocenters. The van der Waals surface area contributed by atoms with Crippen molar-refractivity contribution in [2.45, 2.75) is 44.9 Å². The van der Waals surface area contributed by atoms with Crippen LogP contribution in [0.5, 0.6) is 5.75 Å².